The molecule has 22 heavy (non-hydrogen) atoms. The van der Waals surface area contributed by atoms with E-state index >= 15 is 0 Å². The molecular formula is C14H12F5IO2. The molecule has 0 aliphatic rings. The van der Waals surface area contributed by atoms with Crippen molar-refractivity contribution < 1.29 is 31.5 Å². The first-order valence-corrected chi connectivity index (χ1v) is 7.50. The molecule has 0 N–H and O–H groups in total. The van der Waals surface area contributed by atoms with Crippen molar-refractivity contribution in [3.63, 3.8) is 0 Å². The molecule has 0 aromatic heterocycles. The number of benzene rings is 1. The third kappa shape index (κ3) is 3.26. The lowest BCUT2D eigenvalue weighted by Gasteiger charge is -2.25. The topological polar surface area (TPSA) is 26.3 Å². The van der Waals surface area contributed by atoms with Gasteiger partial charge in [-0.25, -0.2) is 22.0 Å². The number of ether oxygens (including phenoxy) is 1. The maximum Gasteiger partial charge on any atom is 0.317 e. The van der Waals surface area contributed by atoms with E-state index in [0.717, 1.165) is 0 Å². The van der Waals surface area contributed by atoms with Crippen LogP contribution in [0.1, 0.15) is 19.4 Å². The molecule has 0 bridgehead atoms. The molecule has 0 spiro atoms. The lowest BCUT2D eigenvalue weighted by Crippen LogP contribution is -2.32. The fraction of sp³-hybridized carbons (Fsp3) is 0.357. The second-order valence-electron chi connectivity index (χ2n) is 4.87. The van der Waals surface area contributed by atoms with Crippen molar-refractivity contribution in [1.29, 1.82) is 0 Å². The molecule has 0 heterocycles. The van der Waals surface area contributed by atoms with E-state index in [1.807, 2.05) is 22.6 Å². The predicted octanol–water partition coefficient (Wildman–Crippen LogP) is 4.44. The van der Waals surface area contributed by atoms with Crippen molar-refractivity contribution in [2.75, 3.05) is 4.43 Å². The summed E-state index contributed by atoms with van der Waals surface area (Å²) in [4.78, 5) is 12.0. The number of carbonyl (C=O) groups is 1. The minimum atomic E-state index is -2.26. The summed E-state index contributed by atoms with van der Waals surface area (Å²) in [7, 11) is 0. The second-order valence-corrected chi connectivity index (χ2v) is 5.63. The van der Waals surface area contributed by atoms with E-state index in [9.17, 15) is 26.7 Å². The van der Waals surface area contributed by atoms with Crippen molar-refractivity contribution in [2.45, 2.75) is 20.5 Å². The zero-order valence-electron chi connectivity index (χ0n) is 11.7. The van der Waals surface area contributed by atoms with Gasteiger partial charge < -0.3 is 4.74 Å². The van der Waals surface area contributed by atoms with Crippen LogP contribution in [-0.4, -0.2) is 10.4 Å². The summed E-state index contributed by atoms with van der Waals surface area (Å²) in [5, 5.41) is 0. The van der Waals surface area contributed by atoms with E-state index in [2.05, 4.69) is 6.58 Å². The Morgan fingerprint density at radius 3 is 1.86 bits per heavy atom. The molecule has 2 nitrogen and oxygen atoms in total. The molecule has 1 unspecified atom stereocenters. The maximum absolute atomic E-state index is 13.5. The van der Waals surface area contributed by atoms with Crippen LogP contribution in [0.4, 0.5) is 22.0 Å². The Balaban J connectivity index is 3.09. The Hall–Kier alpha value is -1.19. The van der Waals surface area contributed by atoms with Crippen LogP contribution < -0.4 is 0 Å². The van der Waals surface area contributed by atoms with E-state index in [-0.39, 0.29) is 4.43 Å². The molecule has 1 atom stereocenters. The lowest BCUT2D eigenvalue weighted by molar-refractivity contribution is -0.152. The van der Waals surface area contributed by atoms with E-state index in [1.165, 1.54) is 6.92 Å². The Kier molecular flexibility index (Phi) is 5.94. The predicted molar refractivity (Wildman–Crippen MR) is 77.8 cm³/mol. The van der Waals surface area contributed by atoms with Gasteiger partial charge in [0.05, 0.1) is 11.0 Å². The number of hydrogen-bond donors (Lipinski definition) is 0. The number of esters is 1. The molecule has 0 saturated carbocycles. The fourth-order valence-corrected chi connectivity index (χ4v) is 2.38. The molecule has 0 fully saturated rings. The van der Waals surface area contributed by atoms with Gasteiger partial charge in [0.15, 0.2) is 23.3 Å². The molecule has 0 aliphatic carbocycles. The molecule has 8 heteroatoms. The third-order valence-electron chi connectivity index (χ3n) is 3.31. The van der Waals surface area contributed by atoms with Gasteiger partial charge in [0, 0.05) is 4.43 Å². The minimum Gasteiger partial charge on any atom is -0.460 e. The summed E-state index contributed by atoms with van der Waals surface area (Å²) in [5.74, 6) is -11.3. The van der Waals surface area contributed by atoms with Gasteiger partial charge in [0.25, 0.3) is 0 Å². The lowest BCUT2D eigenvalue weighted by atomic mass is 9.86. The van der Waals surface area contributed by atoms with Crippen molar-refractivity contribution in [1.82, 2.24) is 0 Å². The second kappa shape index (κ2) is 6.93. The SMILES string of the molecule is C=C(C)C(C)(CI)C(=O)OCc1c(F)c(F)c(F)c(F)c1F. The van der Waals surface area contributed by atoms with Crippen LogP contribution in [0.2, 0.25) is 0 Å². The van der Waals surface area contributed by atoms with E-state index in [4.69, 9.17) is 4.74 Å². The van der Waals surface area contributed by atoms with Crippen LogP contribution in [0.5, 0.6) is 0 Å². The zero-order valence-corrected chi connectivity index (χ0v) is 13.9. The van der Waals surface area contributed by atoms with Gasteiger partial charge in [-0.1, -0.05) is 34.7 Å². The molecule has 1 aromatic rings. The average Bonchev–Trinajstić information content (AvgIpc) is 2.49. The molecular weight excluding hydrogens is 422 g/mol. The highest BCUT2D eigenvalue weighted by molar-refractivity contribution is 14.1. The number of alkyl halides is 1. The molecule has 0 aliphatic heterocycles. The number of hydrogen-bond acceptors (Lipinski definition) is 2. The molecule has 0 radical (unpaired) electrons. The molecule has 122 valence electrons. The maximum atomic E-state index is 13.5. The first kappa shape index (κ1) is 18.9. The van der Waals surface area contributed by atoms with Crippen molar-refractivity contribution in [2.24, 2.45) is 5.41 Å². The van der Waals surface area contributed by atoms with E-state index in [0.29, 0.717) is 5.57 Å². The summed E-state index contributed by atoms with van der Waals surface area (Å²) >= 11 is 1.90. The Bertz CT molecular complexity index is 603. The van der Waals surface area contributed by atoms with Crippen LogP contribution >= 0.6 is 22.6 Å². The summed E-state index contributed by atoms with van der Waals surface area (Å²) in [6, 6.07) is 0. The molecule has 0 saturated heterocycles. The monoisotopic (exact) mass is 434 g/mol. The highest BCUT2D eigenvalue weighted by Crippen LogP contribution is 2.31. The fourth-order valence-electron chi connectivity index (χ4n) is 1.42. The van der Waals surface area contributed by atoms with Crippen LogP contribution in [0, 0.1) is 34.5 Å². The zero-order chi connectivity index (χ0) is 17.2. The van der Waals surface area contributed by atoms with Gasteiger partial charge in [0.1, 0.15) is 6.61 Å². The first-order valence-electron chi connectivity index (χ1n) is 5.97. The number of rotatable bonds is 5. The van der Waals surface area contributed by atoms with Gasteiger partial charge in [-0.15, -0.1) is 0 Å². The van der Waals surface area contributed by atoms with Crippen LogP contribution in [-0.2, 0) is 16.1 Å². The quantitative estimate of drug-likeness (QED) is 0.130. The normalized spacial score (nSPS) is 13.6. The summed E-state index contributed by atoms with van der Waals surface area (Å²) < 4.78 is 70.9. The highest BCUT2D eigenvalue weighted by atomic mass is 127. The highest BCUT2D eigenvalue weighted by Gasteiger charge is 2.35. The van der Waals surface area contributed by atoms with Crippen LogP contribution in [0.3, 0.4) is 0 Å². The molecule has 1 aromatic carbocycles. The Labute approximate surface area is 137 Å². The number of carbonyl (C=O) groups excluding carboxylic acids is 1. The molecule has 1 rings (SSSR count). The van der Waals surface area contributed by atoms with Gasteiger partial charge in [0.2, 0.25) is 5.82 Å². The van der Waals surface area contributed by atoms with Gasteiger partial charge in [-0.05, 0) is 13.8 Å². The van der Waals surface area contributed by atoms with Crippen molar-refractivity contribution in [3.05, 3.63) is 46.8 Å². The smallest absolute Gasteiger partial charge is 0.317 e. The van der Waals surface area contributed by atoms with E-state index in [1.54, 1.807) is 6.92 Å². The summed E-state index contributed by atoms with van der Waals surface area (Å²) in [6.45, 7) is 5.63. The standard InChI is InChI=1S/C14H12F5IO2/c1-6(2)14(3,5-20)13(21)22-4-7-8(15)10(17)12(19)11(18)9(7)16/h1,4-5H2,2-3H3. The Morgan fingerprint density at radius 1 is 1.09 bits per heavy atom. The summed E-state index contributed by atoms with van der Waals surface area (Å²) in [6.07, 6.45) is 0. The average molecular weight is 434 g/mol. The van der Waals surface area contributed by atoms with Crippen LogP contribution in [0.15, 0.2) is 12.2 Å². The Morgan fingerprint density at radius 2 is 1.50 bits per heavy atom. The van der Waals surface area contributed by atoms with Crippen LogP contribution in [0.25, 0.3) is 0 Å². The van der Waals surface area contributed by atoms with Gasteiger partial charge >= 0.3 is 5.97 Å². The van der Waals surface area contributed by atoms with Gasteiger partial charge in [-0.2, -0.15) is 0 Å². The van der Waals surface area contributed by atoms with Gasteiger partial charge in [-0.3, -0.25) is 4.79 Å². The van der Waals surface area contributed by atoms with Crippen molar-refractivity contribution >= 4 is 28.6 Å². The first-order chi connectivity index (χ1) is 10.1. The number of halogens is 6. The third-order valence-corrected chi connectivity index (χ3v) is 4.83. The molecule has 0 amide bonds. The largest absolute Gasteiger partial charge is 0.460 e. The van der Waals surface area contributed by atoms with Crippen molar-refractivity contribution in [3.8, 4) is 0 Å². The van der Waals surface area contributed by atoms with E-state index < -0.39 is 52.6 Å². The minimum absolute atomic E-state index is 0.274. The summed E-state index contributed by atoms with van der Waals surface area (Å²) in [5.41, 5.74) is -1.86.